The summed E-state index contributed by atoms with van der Waals surface area (Å²) in [5.74, 6) is 0. The maximum absolute atomic E-state index is 4.36. The number of hydrogen-bond acceptors (Lipinski definition) is 3. The number of benzene rings is 1. The standard InChI is InChI=1S/C16H16N2S/c1-17-16(9-12-6-8-19-11-12)14-4-5-15-13(10-14)3-2-7-18-15/h2-8,10-11,16-17H,9H2,1H3. The van der Waals surface area contributed by atoms with Gasteiger partial charge in [-0.2, -0.15) is 11.3 Å². The van der Waals surface area contributed by atoms with E-state index in [0.717, 1.165) is 11.9 Å². The van der Waals surface area contributed by atoms with E-state index in [1.807, 2.05) is 19.3 Å². The minimum atomic E-state index is 0.346. The van der Waals surface area contributed by atoms with E-state index in [-0.39, 0.29) is 0 Å². The first-order valence-electron chi connectivity index (χ1n) is 6.40. The Bertz CT molecular complexity index is 661. The first kappa shape index (κ1) is 12.3. The van der Waals surface area contributed by atoms with Crippen LogP contribution in [0.1, 0.15) is 17.2 Å². The van der Waals surface area contributed by atoms with Crippen LogP contribution in [0.5, 0.6) is 0 Å². The summed E-state index contributed by atoms with van der Waals surface area (Å²) >= 11 is 1.75. The zero-order valence-corrected chi connectivity index (χ0v) is 11.7. The summed E-state index contributed by atoms with van der Waals surface area (Å²) in [5, 5.41) is 8.95. The van der Waals surface area contributed by atoms with E-state index in [1.54, 1.807) is 11.3 Å². The van der Waals surface area contributed by atoms with Gasteiger partial charge in [-0.1, -0.05) is 12.1 Å². The third kappa shape index (κ3) is 2.67. The predicted molar refractivity (Wildman–Crippen MR) is 81.6 cm³/mol. The number of nitrogens with zero attached hydrogens (tertiary/aromatic N) is 1. The number of rotatable bonds is 4. The molecule has 1 N–H and O–H groups in total. The maximum atomic E-state index is 4.36. The molecule has 0 fully saturated rings. The molecule has 96 valence electrons. The maximum Gasteiger partial charge on any atom is 0.0702 e. The highest BCUT2D eigenvalue weighted by atomic mass is 32.1. The third-order valence-corrected chi connectivity index (χ3v) is 4.13. The highest BCUT2D eigenvalue weighted by Crippen LogP contribution is 2.22. The summed E-state index contributed by atoms with van der Waals surface area (Å²) in [6.45, 7) is 0. The summed E-state index contributed by atoms with van der Waals surface area (Å²) in [4.78, 5) is 4.36. The van der Waals surface area contributed by atoms with E-state index in [1.165, 1.54) is 16.5 Å². The second kappa shape index (κ2) is 5.51. The molecule has 3 rings (SSSR count). The van der Waals surface area contributed by atoms with Gasteiger partial charge in [0.2, 0.25) is 0 Å². The Labute approximate surface area is 117 Å². The summed E-state index contributed by atoms with van der Waals surface area (Å²) in [6.07, 6.45) is 2.86. The van der Waals surface area contributed by atoms with E-state index in [2.05, 4.69) is 51.4 Å². The highest BCUT2D eigenvalue weighted by molar-refractivity contribution is 7.07. The Hall–Kier alpha value is -1.71. The molecule has 0 saturated carbocycles. The van der Waals surface area contributed by atoms with E-state index >= 15 is 0 Å². The van der Waals surface area contributed by atoms with Crippen molar-refractivity contribution in [1.82, 2.24) is 10.3 Å². The Morgan fingerprint density at radius 2 is 2.21 bits per heavy atom. The molecule has 1 aromatic carbocycles. The van der Waals surface area contributed by atoms with Gasteiger partial charge in [-0.25, -0.2) is 0 Å². The van der Waals surface area contributed by atoms with Gasteiger partial charge in [0.15, 0.2) is 0 Å². The van der Waals surface area contributed by atoms with Gasteiger partial charge in [0, 0.05) is 17.6 Å². The lowest BCUT2D eigenvalue weighted by molar-refractivity contribution is 0.593. The smallest absolute Gasteiger partial charge is 0.0702 e. The molecule has 0 aliphatic carbocycles. The molecule has 0 aliphatic heterocycles. The summed E-state index contributed by atoms with van der Waals surface area (Å²) in [7, 11) is 2.02. The number of aromatic nitrogens is 1. The molecular weight excluding hydrogens is 252 g/mol. The van der Waals surface area contributed by atoms with Crippen molar-refractivity contribution in [3.05, 3.63) is 64.5 Å². The Morgan fingerprint density at radius 1 is 1.26 bits per heavy atom. The van der Waals surface area contributed by atoms with Gasteiger partial charge in [-0.05, 0) is 59.6 Å². The molecule has 3 heteroatoms. The number of pyridine rings is 1. The van der Waals surface area contributed by atoms with Gasteiger partial charge in [-0.15, -0.1) is 0 Å². The summed E-state index contributed by atoms with van der Waals surface area (Å²) < 4.78 is 0. The molecule has 3 aromatic rings. The number of thiophene rings is 1. The van der Waals surface area contributed by atoms with Crippen molar-refractivity contribution in [2.24, 2.45) is 0 Å². The van der Waals surface area contributed by atoms with Gasteiger partial charge in [-0.3, -0.25) is 4.98 Å². The van der Waals surface area contributed by atoms with Crippen LogP contribution in [0.15, 0.2) is 53.4 Å². The number of likely N-dealkylation sites (N-methyl/N-ethyl adjacent to an activating group) is 1. The molecule has 2 aromatic heterocycles. The summed E-state index contributed by atoms with van der Waals surface area (Å²) in [6, 6.07) is 13.1. The Kier molecular flexibility index (Phi) is 3.58. The average Bonchev–Trinajstić information content (AvgIpc) is 2.97. The number of nitrogens with one attached hydrogen (secondary N) is 1. The molecule has 1 unspecified atom stereocenters. The van der Waals surface area contributed by atoms with Crippen LogP contribution in [0.2, 0.25) is 0 Å². The Morgan fingerprint density at radius 3 is 3.00 bits per heavy atom. The molecule has 2 nitrogen and oxygen atoms in total. The van der Waals surface area contributed by atoms with Crippen LogP contribution in [-0.2, 0) is 6.42 Å². The average molecular weight is 268 g/mol. The minimum Gasteiger partial charge on any atom is -0.313 e. The second-order valence-electron chi connectivity index (χ2n) is 4.63. The van der Waals surface area contributed by atoms with Crippen LogP contribution in [0.3, 0.4) is 0 Å². The number of hydrogen-bond donors (Lipinski definition) is 1. The third-order valence-electron chi connectivity index (χ3n) is 3.40. The van der Waals surface area contributed by atoms with Gasteiger partial charge in [0.1, 0.15) is 0 Å². The molecule has 19 heavy (non-hydrogen) atoms. The van der Waals surface area contributed by atoms with E-state index in [0.29, 0.717) is 6.04 Å². The lowest BCUT2D eigenvalue weighted by Crippen LogP contribution is -2.18. The van der Waals surface area contributed by atoms with Crippen LogP contribution >= 0.6 is 11.3 Å². The van der Waals surface area contributed by atoms with E-state index in [9.17, 15) is 0 Å². The fourth-order valence-corrected chi connectivity index (χ4v) is 3.02. The second-order valence-corrected chi connectivity index (χ2v) is 5.41. The Balaban J connectivity index is 1.92. The normalized spacial score (nSPS) is 12.7. The molecule has 0 saturated heterocycles. The summed E-state index contributed by atoms with van der Waals surface area (Å²) in [5.41, 5.74) is 3.75. The van der Waals surface area contributed by atoms with Crippen LogP contribution in [0, 0.1) is 0 Å². The van der Waals surface area contributed by atoms with Crippen LogP contribution in [0.25, 0.3) is 10.9 Å². The van der Waals surface area contributed by atoms with Crippen LogP contribution in [-0.4, -0.2) is 12.0 Å². The topological polar surface area (TPSA) is 24.9 Å². The van der Waals surface area contributed by atoms with Crippen molar-refractivity contribution in [2.75, 3.05) is 7.05 Å². The van der Waals surface area contributed by atoms with Crippen molar-refractivity contribution in [2.45, 2.75) is 12.5 Å². The first-order chi connectivity index (χ1) is 9.36. The molecule has 0 aliphatic rings. The molecule has 2 heterocycles. The van der Waals surface area contributed by atoms with Crippen molar-refractivity contribution >= 4 is 22.2 Å². The fraction of sp³-hybridized carbons (Fsp3) is 0.188. The molecule has 0 amide bonds. The van der Waals surface area contributed by atoms with E-state index in [4.69, 9.17) is 0 Å². The lowest BCUT2D eigenvalue weighted by atomic mass is 9.99. The molecular formula is C16H16N2S. The predicted octanol–water partition coefficient (Wildman–Crippen LogP) is 3.80. The van der Waals surface area contributed by atoms with Gasteiger partial charge >= 0.3 is 0 Å². The quantitative estimate of drug-likeness (QED) is 0.778. The lowest BCUT2D eigenvalue weighted by Gasteiger charge is -2.16. The van der Waals surface area contributed by atoms with E-state index < -0.39 is 0 Å². The number of fused-ring (bicyclic) bond motifs is 1. The van der Waals surface area contributed by atoms with Crippen molar-refractivity contribution in [3.8, 4) is 0 Å². The SMILES string of the molecule is CNC(Cc1ccsc1)c1ccc2ncccc2c1. The molecule has 0 radical (unpaired) electrons. The van der Waals surface area contributed by atoms with Gasteiger partial charge in [0.25, 0.3) is 0 Å². The molecule has 1 atom stereocenters. The zero-order chi connectivity index (χ0) is 13.1. The highest BCUT2D eigenvalue weighted by Gasteiger charge is 2.11. The zero-order valence-electron chi connectivity index (χ0n) is 10.8. The minimum absolute atomic E-state index is 0.346. The van der Waals surface area contributed by atoms with Crippen molar-refractivity contribution in [3.63, 3.8) is 0 Å². The van der Waals surface area contributed by atoms with Crippen LogP contribution < -0.4 is 5.32 Å². The van der Waals surface area contributed by atoms with Gasteiger partial charge < -0.3 is 5.32 Å². The molecule has 0 bridgehead atoms. The monoisotopic (exact) mass is 268 g/mol. The van der Waals surface area contributed by atoms with Crippen LogP contribution in [0.4, 0.5) is 0 Å². The van der Waals surface area contributed by atoms with Crippen molar-refractivity contribution in [1.29, 1.82) is 0 Å². The molecule has 0 spiro atoms. The first-order valence-corrected chi connectivity index (χ1v) is 7.34. The van der Waals surface area contributed by atoms with Gasteiger partial charge in [0.05, 0.1) is 5.52 Å². The fourth-order valence-electron chi connectivity index (χ4n) is 2.34. The largest absolute Gasteiger partial charge is 0.313 e. The van der Waals surface area contributed by atoms with Crippen molar-refractivity contribution < 1.29 is 0 Å².